The smallest absolute Gasteiger partial charge is 0.282 e. The van der Waals surface area contributed by atoms with Gasteiger partial charge in [-0.25, -0.2) is 9.90 Å². The molecule has 0 aliphatic carbocycles. The van der Waals surface area contributed by atoms with Gasteiger partial charge in [0.1, 0.15) is 11.3 Å². The summed E-state index contributed by atoms with van der Waals surface area (Å²) in [5, 5.41) is 14.9. The van der Waals surface area contributed by atoms with Crippen molar-refractivity contribution in [3.63, 3.8) is 0 Å². The fourth-order valence-corrected chi connectivity index (χ4v) is 4.00. The second-order valence-electron chi connectivity index (χ2n) is 6.92. The summed E-state index contributed by atoms with van der Waals surface area (Å²) in [5.41, 5.74) is 1.65. The number of halogens is 1. The van der Waals surface area contributed by atoms with Crippen molar-refractivity contribution >= 4 is 23.1 Å². The van der Waals surface area contributed by atoms with E-state index in [9.17, 15) is 9.90 Å². The van der Waals surface area contributed by atoms with Crippen LogP contribution in [0.2, 0.25) is 5.02 Å². The first kappa shape index (κ1) is 20.1. The number of carbonyl (C=O) groups excluding carboxylic acids is 1. The van der Waals surface area contributed by atoms with Crippen LogP contribution in [0.1, 0.15) is 29.5 Å². The van der Waals surface area contributed by atoms with Crippen LogP contribution in [0.4, 0.5) is 0 Å². The molecule has 0 unspecified atom stereocenters. The molecule has 2 aliphatic rings. The summed E-state index contributed by atoms with van der Waals surface area (Å²) in [6, 6.07) is 3.64. The number of piperidine rings is 1. The highest BCUT2D eigenvalue weighted by atomic mass is 35.5. The van der Waals surface area contributed by atoms with Gasteiger partial charge in [0.05, 0.1) is 12.7 Å². The summed E-state index contributed by atoms with van der Waals surface area (Å²) in [5.74, 6) is -0.343. The van der Waals surface area contributed by atoms with Gasteiger partial charge in [-0.2, -0.15) is 5.06 Å². The van der Waals surface area contributed by atoms with Crippen molar-refractivity contribution in [3.05, 3.63) is 39.6 Å². The lowest BCUT2D eigenvalue weighted by molar-refractivity contribution is -0.259. The molecule has 1 N–H and O–H groups in total. The van der Waals surface area contributed by atoms with Gasteiger partial charge >= 0.3 is 0 Å². The molecule has 1 spiro atoms. The summed E-state index contributed by atoms with van der Waals surface area (Å²) in [6.07, 6.45) is 0.967. The lowest BCUT2D eigenvalue weighted by Gasteiger charge is -2.42. The number of aliphatic hydroxyl groups is 1. The van der Waals surface area contributed by atoms with Crippen molar-refractivity contribution in [2.75, 3.05) is 34.1 Å². The van der Waals surface area contributed by atoms with Crippen LogP contribution in [0, 0.1) is 13.8 Å². The second-order valence-corrected chi connectivity index (χ2v) is 7.33. The molecule has 0 aromatic heterocycles. The van der Waals surface area contributed by atoms with Crippen LogP contribution in [0.5, 0.6) is 0 Å². The van der Waals surface area contributed by atoms with E-state index in [2.05, 4.69) is 0 Å². The van der Waals surface area contributed by atoms with Crippen LogP contribution in [0.25, 0.3) is 5.57 Å². The van der Waals surface area contributed by atoms with Crippen LogP contribution in [0.3, 0.4) is 0 Å². The van der Waals surface area contributed by atoms with E-state index in [1.165, 1.54) is 12.2 Å². The molecule has 3 rings (SSSR count). The lowest BCUT2D eigenvalue weighted by Crippen LogP contribution is -2.55. The topological polar surface area (TPSA) is 71.5 Å². The highest BCUT2D eigenvalue weighted by Gasteiger charge is 2.55. The van der Waals surface area contributed by atoms with Gasteiger partial charge in [0.25, 0.3) is 5.91 Å². The minimum absolute atomic E-state index is 0.0316. The standard InChI is InChI=1S/C19H25ClN2O5/c1-12-10-15(20)13(2)9-14(12)16-17(23)19(5-7-21(26-4)8-6-19)22(18(16)24)27-11-25-3/h9-10,23H,5-8,11H2,1-4H3. The minimum atomic E-state index is -0.931. The number of benzene rings is 1. The number of hydrogen-bond donors (Lipinski definition) is 1. The number of aliphatic hydroxyl groups excluding tert-OH is 1. The Kier molecular flexibility index (Phi) is 5.79. The van der Waals surface area contributed by atoms with E-state index >= 15 is 0 Å². The summed E-state index contributed by atoms with van der Waals surface area (Å²) < 4.78 is 4.99. The number of hydroxylamine groups is 4. The Balaban J connectivity index is 2.08. The number of carbonyl (C=O) groups is 1. The SMILES string of the molecule is COCON1C(=O)C(c2cc(C)c(Cl)cc2C)=C(O)C12CCN(OC)CC2. The van der Waals surface area contributed by atoms with Crippen LogP contribution in [0.15, 0.2) is 17.9 Å². The maximum atomic E-state index is 13.2. The number of nitrogens with zero attached hydrogens (tertiary/aromatic N) is 2. The summed E-state index contributed by atoms with van der Waals surface area (Å²) >= 11 is 6.20. The summed E-state index contributed by atoms with van der Waals surface area (Å²) in [7, 11) is 3.10. The van der Waals surface area contributed by atoms with E-state index in [1.807, 2.05) is 19.9 Å². The Bertz CT molecular complexity index is 772. The first-order valence-corrected chi connectivity index (χ1v) is 9.20. The van der Waals surface area contributed by atoms with Crippen molar-refractivity contribution in [3.8, 4) is 0 Å². The van der Waals surface area contributed by atoms with E-state index in [4.69, 9.17) is 26.0 Å². The van der Waals surface area contributed by atoms with E-state index in [1.54, 1.807) is 18.2 Å². The van der Waals surface area contributed by atoms with E-state index in [0.29, 0.717) is 36.5 Å². The van der Waals surface area contributed by atoms with Crippen molar-refractivity contribution in [1.29, 1.82) is 0 Å². The molecule has 1 amide bonds. The fraction of sp³-hybridized carbons (Fsp3) is 0.526. The van der Waals surface area contributed by atoms with Crippen molar-refractivity contribution < 1.29 is 24.3 Å². The Morgan fingerprint density at radius 1 is 1.19 bits per heavy atom. The molecule has 0 atom stereocenters. The second kappa shape index (κ2) is 7.77. The number of aryl methyl sites for hydroxylation is 2. The zero-order chi connectivity index (χ0) is 19.8. The van der Waals surface area contributed by atoms with Crippen molar-refractivity contribution in [1.82, 2.24) is 10.1 Å². The number of methoxy groups -OCH3 is 1. The molecule has 0 saturated carbocycles. The monoisotopic (exact) mass is 396 g/mol. The van der Waals surface area contributed by atoms with E-state index < -0.39 is 5.54 Å². The Morgan fingerprint density at radius 3 is 2.44 bits per heavy atom. The van der Waals surface area contributed by atoms with Crippen LogP contribution >= 0.6 is 11.6 Å². The zero-order valence-corrected chi connectivity index (χ0v) is 16.8. The van der Waals surface area contributed by atoms with E-state index in [-0.39, 0.29) is 24.0 Å². The maximum absolute atomic E-state index is 13.2. The van der Waals surface area contributed by atoms with Crippen LogP contribution in [-0.2, 0) is 19.2 Å². The van der Waals surface area contributed by atoms with Gasteiger partial charge in [-0.05, 0) is 55.5 Å². The van der Waals surface area contributed by atoms with Gasteiger partial charge in [-0.1, -0.05) is 11.6 Å². The van der Waals surface area contributed by atoms with Gasteiger partial charge in [-0.3, -0.25) is 4.79 Å². The molecule has 7 nitrogen and oxygen atoms in total. The number of rotatable bonds is 5. The third kappa shape index (κ3) is 3.34. The third-order valence-electron chi connectivity index (χ3n) is 5.35. The molecule has 1 fully saturated rings. The number of amides is 1. The highest BCUT2D eigenvalue weighted by molar-refractivity contribution is 6.31. The van der Waals surface area contributed by atoms with Crippen molar-refractivity contribution in [2.45, 2.75) is 32.2 Å². The molecule has 1 aromatic carbocycles. The van der Waals surface area contributed by atoms with Crippen LogP contribution < -0.4 is 0 Å². The Morgan fingerprint density at radius 2 is 1.85 bits per heavy atom. The van der Waals surface area contributed by atoms with Gasteiger partial charge in [0, 0.05) is 25.2 Å². The highest BCUT2D eigenvalue weighted by Crippen LogP contribution is 2.46. The number of ether oxygens (including phenoxy) is 1. The largest absolute Gasteiger partial charge is 0.509 e. The molecule has 2 heterocycles. The molecule has 8 heteroatoms. The minimum Gasteiger partial charge on any atom is -0.509 e. The Hall–Kier alpha value is -1.64. The average molecular weight is 397 g/mol. The normalized spacial score (nSPS) is 20.2. The van der Waals surface area contributed by atoms with Crippen LogP contribution in [-0.4, -0.2) is 60.8 Å². The molecule has 1 aromatic rings. The molecule has 1 saturated heterocycles. The number of hydrogen-bond acceptors (Lipinski definition) is 6. The molecule has 0 radical (unpaired) electrons. The third-order valence-corrected chi connectivity index (χ3v) is 5.75. The molecule has 148 valence electrons. The fourth-order valence-electron chi connectivity index (χ4n) is 3.79. The predicted molar refractivity (Wildman–Crippen MR) is 101 cm³/mol. The first-order chi connectivity index (χ1) is 12.9. The van der Waals surface area contributed by atoms with Gasteiger partial charge in [0.15, 0.2) is 6.79 Å². The molecular formula is C19H25ClN2O5. The molecular weight excluding hydrogens is 372 g/mol. The molecule has 27 heavy (non-hydrogen) atoms. The average Bonchev–Trinajstić information content (AvgIpc) is 2.84. The first-order valence-electron chi connectivity index (χ1n) is 8.82. The molecule has 2 aliphatic heterocycles. The van der Waals surface area contributed by atoms with Crippen molar-refractivity contribution in [2.24, 2.45) is 0 Å². The van der Waals surface area contributed by atoms with Gasteiger partial charge < -0.3 is 14.7 Å². The maximum Gasteiger partial charge on any atom is 0.282 e. The zero-order valence-electron chi connectivity index (χ0n) is 16.0. The summed E-state index contributed by atoms with van der Waals surface area (Å²) in [6.45, 7) is 4.78. The quantitative estimate of drug-likeness (QED) is 0.771. The Labute approximate surface area is 164 Å². The van der Waals surface area contributed by atoms with Gasteiger partial charge in [-0.15, -0.1) is 0 Å². The predicted octanol–water partition coefficient (Wildman–Crippen LogP) is 3.00. The summed E-state index contributed by atoms with van der Waals surface area (Å²) in [4.78, 5) is 24.1. The van der Waals surface area contributed by atoms with E-state index in [0.717, 1.165) is 11.1 Å². The van der Waals surface area contributed by atoms with Gasteiger partial charge in [0.2, 0.25) is 0 Å². The molecule has 0 bridgehead atoms. The lowest BCUT2D eigenvalue weighted by atomic mass is 9.85.